The lowest BCUT2D eigenvalue weighted by Crippen LogP contribution is -2.14. The van der Waals surface area contributed by atoms with E-state index < -0.39 is 11.9 Å². The molecule has 102 valence electrons. The number of amides is 1. The highest BCUT2D eigenvalue weighted by Gasteiger charge is 2.14. The van der Waals surface area contributed by atoms with Gasteiger partial charge in [-0.3, -0.25) is 4.79 Å². The number of pyridine rings is 2. The molecule has 2 aromatic heterocycles. The Balaban J connectivity index is 2.23. The molecule has 0 aromatic carbocycles. The van der Waals surface area contributed by atoms with Gasteiger partial charge in [0.25, 0.3) is 5.91 Å². The van der Waals surface area contributed by atoms with Gasteiger partial charge in [0, 0.05) is 18.1 Å². The van der Waals surface area contributed by atoms with Crippen LogP contribution in [0.15, 0.2) is 36.7 Å². The van der Waals surface area contributed by atoms with Crippen LogP contribution in [0.1, 0.15) is 20.8 Å². The molecule has 2 N–H and O–H groups in total. The Hall–Kier alpha value is -2.96. The van der Waals surface area contributed by atoms with Gasteiger partial charge in [-0.15, -0.1) is 0 Å². The number of carboxylic acid groups (broad SMARTS) is 1. The zero-order valence-electron chi connectivity index (χ0n) is 10.5. The van der Waals surface area contributed by atoms with Gasteiger partial charge in [0.2, 0.25) is 5.88 Å². The van der Waals surface area contributed by atoms with Gasteiger partial charge in [0.15, 0.2) is 0 Å². The molecule has 2 rings (SSSR count). The lowest BCUT2D eigenvalue weighted by atomic mass is 10.2. The molecule has 0 aliphatic heterocycles. The summed E-state index contributed by atoms with van der Waals surface area (Å²) in [6, 6.07) is 5.92. The van der Waals surface area contributed by atoms with E-state index in [1.165, 1.54) is 31.6 Å². The van der Waals surface area contributed by atoms with Crippen LogP contribution >= 0.6 is 0 Å². The average Bonchev–Trinajstić information content (AvgIpc) is 2.47. The quantitative estimate of drug-likeness (QED) is 0.873. The van der Waals surface area contributed by atoms with Gasteiger partial charge in [-0.25, -0.2) is 14.8 Å². The second-order valence-electron chi connectivity index (χ2n) is 3.75. The van der Waals surface area contributed by atoms with Crippen LogP contribution in [0.3, 0.4) is 0 Å². The van der Waals surface area contributed by atoms with Crippen molar-refractivity contribution in [3.63, 3.8) is 0 Å². The predicted octanol–water partition coefficient (Wildman–Crippen LogP) is 1.44. The van der Waals surface area contributed by atoms with Gasteiger partial charge in [0.05, 0.1) is 7.11 Å². The van der Waals surface area contributed by atoms with E-state index in [2.05, 4.69) is 15.3 Å². The van der Waals surface area contributed by atoms with Gasteiger partial charge in [-0.05, 0) is 24.3 Å². The summed E-state index contributed by atoms with van der Waals surface area (Å²) in [4.78, 5) is 30.5. The molecule has 0 atom stereocenters. The Morgan fingerprint density at radius 3 is 2.75 bits per heavy atom. The van der Waals surface area contributed by atoms with E-state index >= 15 is 0 Å². The molecule has 0 saturated carbocycles. The smallest absolute Gasteiger partial charge is 0.354 e. The molecule has 0 radical (unpaired) electrons. The fourth-order valence-electron chi connectivity index (χ4n) is 1.55. The molecular formula is C13H11N3O4. The van der Waals surface area contributed by atoms with Gasteiger partial charge >= 0.3 is 5.97 Å². The average molecular weight is 273 g/mol. The summed E-state index contributed by atoms with van der Waals surface area (Å²) >= 11 is 0. The number of carboxylic acids is 1. The first-order valence-corrected chi connectivity index (χ1v) is 5.61. The van der Waals surface area contributed by atoms with Gasteiger partial charge in [-0.2, -0.15) is 0 Å². The summed E-state index contributed by atoms with van der Waals surface area (Å²) in [5.74, 6) is -1.42. The van der Waals surface area contributed by atoms with Crippen molar-refractivity contribution in [3.8, 4) is 5.88 Å². The largest absolute Gasteiger partial charge is 0.480 e. The second-order valence-corrected chi connectivity index (χ2v) is 3.75. The number of anilines is 1. The number of aromatic carboxylic acids is 1. The molecule has 0 spiro atoms. The van der Waals surface area contributed by atoms with E-state index in [1.807, 2.05) is 0 Å². The molecular weight excluding hydrogens is 262 g/mol. The molecule has 0 unspecified atom stereocenters. The van der Waals surface area contributed by atoms with E-state index in [-0.39, 0.29) is 17.1 Å². The van der Waals surface area contributed by atoms with Crippen LogP contribution in [0.5, 0.6) is 5.88 Å². The van der Waals surface area contributed by atoms with Crippen molar-refractivity contribution in [1.29, 1.82) is 0 Å². The summed E-state index contributed by atoms with van der Waals surface area (Å²) in [5, 5.41) is 11.4. The summed E-state index contributed by atoms with van der Waals surface area (Å²) < 4.78 is 4.99. The van der Waals surface area contributed by atoms with Crippen molar-refractivity contribution in [2.75, 3.05) is 12.4 Å². The van der Waals surface area contributed by atoms with Crippen LogP contribution < -0.4 is 10.1 Å². The van der Waals surface area contributed by atoms with Crippen molar-refractivity contribution >= 4 is 17.6 Å². The topological polar surface area (TPSA) is 101 Å². The van der Waals surface area contributed by atoms with Crippen molar-refractivity contribution in [1.82, 2.24) is 9.97 Å². The Morgan fingerprint density at radius 1 is 1.25 bits per heavy atom. The maximum absolute atomic E-state index is 12.1. The first-order chi connectivity index (χ1) is 9.61. The molecule has 2 heterocycles. The van der Waals surface area contributed by atoms with E-state index in [0.717, 1.165) is 0 Å². The van der Waals surface area contributed by atoms with Gasteiger partial charge in [-0.1, -0.05) is 0 Å². The molecule has 0 fully saturated rings. The summed E-state index contributed by atoms with van der Waals surface area (Å²) in [5.41, 5.74) is 0.429. The van der Waals surface area contributed by atoms with E-state index in [1.54, 1.807) is 12.1 Å². The maximum atomic E-state index is 12.1. The zero-order valence-corrected chi connectivity index (χ0v) is 10.5. The Morgan fingerprint density at radius 2 is 2.05 bits per heavy atom. The minimum atomic E-state index is -1.17. The van der Waals surface area contributed by atoms with Gasteiger partial charge < -0.3 is 15.2 Å². The number of carbonyl (C=O) groups is 2. The lowest BCUT2D eigenvalue weighted by molar-refractivity contribution is 0.0690. The SMILES string of the molecule is COc1ncccc1C(=O)Nc1ccnc(C(=O)O)c1. The zero-order chi connectivity index (χ0) is 14.5. The van der Waals surface area contributed by atoms with Crippen molar-refractivity contribution in [3.05, 3.63) is 47.9 Å². The number of methoxy groups -OCH3 is 1. The van der Waals surface area contributed by atoms with Crippen LogP contribution in [0.4, 0.5) is 5.69 Å². The highest BCUT2D eigenvalue weighted by Crippen LogP contribution is 2.16. The molecule has 0 aliphatic rings. The Bertz CT molecular complexity index is 658. The highest BCUT2D eigenvalue weighted by atomic mass is 16.5. The molecule has 0 bridgehead atoms. The van der Waals surface area contributed by atoms with Gasteiger partial charge in [0.1, 0.15) is 11.3 Å². The third-order valence-electron chi connectivity index (χ3n) is 2.45. The summed E-state index contributed by atoms with van der Waals surface area (Å²) in [6.07, 6.45) is 2.81. The molecule has 0 aliphatic carbocycles. The number of carbonyl (C=O) groups excluding carboxylic acids is 1. The first kappa shape index (κ1) is 13.5. The number of aromatic nitrogens is 2. The van der Waals surface area contributed by atoms with E-state index in [4.69, 9.17) is 9.84 Å². The molecule has 1 amide bonds. The summed E-state index contributed by atoms with van der Waals surface area (Å²) in [7, 11) is 1.41. The van der Waals surface area contributed by atoms with Crippen LogP contribution in [0, 0.1) is 0 Å². The highest BCUT2D eigenvalue weighted by molar-refractivity contribution is 6.06. The monoisotopic (exact) mass is 273 g/mol. The van der Waals surface area contributed by atoms with Crippen LogP contribution in [-0.4, -0.2) is 34.1 Å². The third-order valence-corrected chi connectivity index (χ3v) is 2.45. The molecule has 20 heavy (non-hydrogen) atoms. The molecule has 2 aromatic rings. The molecule has 7 nitrogen and oxygen atoms in total. The second kappa shape index (κ2) is 5.79. The number of hydrogen-bond acceptors (Lipinski definition) is 5. The number of nitrogens with one attached hydrogen (secondary N) is 1. The standard InChI is InChI=1S/C13H11N3O4/c1-20-12-9(3-2-5-15-12)11(17)16-8-4-6-14-10(7-8)13(18)19/h2-7H,1H3,(H,18,19)(H,14,16,17). The number of ether oxygens (including phenoxy) is 1. The minimum absolute atomic E-state index is 0.152. The Kier molecular flexibility index (Phi) is 3.90. The van der Waals surface area contributed by atoms with E-state index in [9.17, 15) is 9.59 Å². The normalized spacial score (nSPS) is 9.85. The number of rotatable bonds is 4. The van der Waals surface area contributed by atoms with Crippen molar-refractivity contribution < 1.29 is 19.4 Å². The van der Waals surface area contributed by atoms with Crippen molar-refractivity contribution in [2.24, 2.45) is 0 Å². The maximum Gasteiger partial charge on any atom is 0.354 e. The van der Waals surface area contributed by atoms with Crippen LogP contribution in [-0.2, 0) is 0 Å². The van der Waals surface area contributed by atoms with Crippen LogP contribution in [0.25, 0.3) is 0 Å². The third kappa shape index (κ3) is 2.89. The number of nitrogens with zero attached hydrogens (tertiary/aromatic N) is 2. The predicted molar refractivity (Wildman–Crippen MR) is 69.9 cm³/mol. The van der Waals surface area contributed by atoms with Crippen LogP contribution in [0.2, 0.25) is 0 Å². The molecule has 7 heteroatoms. The van der Waals surface area contributed by atoms with E-state index in [0.29, 0.717) is 5.69 Å². The first-order valence-electron chi connectivity index (χ1n) is 5.61. The number of hydrogen-bond donors (Lipinski definition) is 2. The fraction of sp³-hybridized carbons (Fsp3) is 0.0769. The molecule has 0 saturated heterocycles. The summed E-state index contributed by atoms with van der Waals surface area (Å²) in [6.45, 7) is 0. The Labute approximate surface area is 114 Å². The van der Waals surface area contributed by atoms with Crippen molar-refractivity contribution in [2.45, 2.75) is 0 Å². The lowest BCUT2D eigenvalue weighted by Gasteiger charge is -2.08. The minimum Gasteiger partial charge on any atom is -0.480 e. The fourth-order valence-corrected chi connectivity index (χ4v) is 1.55.